The average molecular weight is 529 g/mol. The highest BCUT2D eigenvalue weighted by Gasteiger charge is 2.43. The highest BCUT2D eigenvalue weighted by molar-refractivity contribution is 5.92. The smallest absolute Gasteiger partial charge is 0.410 e. The molecule has 2 aliphatic heterocycles. The maximum absolute atomic E-state index is 13.4. The van der Waals surface area contributed by atoms with Crippen LogP contribution < -0.4 is 4.90 Å². The van der Waals surface area contributed by atoms with E-state index in [9.17, 15) is 18.0 Å². The molecule has 0 aliphatic carbocycles. The maximum Gasteiger partial charge on any atom is 0.410 e. The van der Waals surface area contributed by atoms with Crippen LogP contribution in [0.4, 0.5) is 23.8 Å². The summed E-state index contributed by atoms with van der Waals surface area (Å²) in [5.74, 6) is 0.938. The molecule has 0 atom stereocenters. The Hall–Kier alpha value is -3.50. The number of fused-ring (bicyclic) bond motifs is 1. The Balaban J connectivity index is 1.43. The first-order valence-corrected chi connectivity index (χ1v) is 12.8. The molecule has 2 saturated heterocycles. The normalized spacial score (nSPS) is 17.8. The minimum absolute atomic E-state index is 0.00678. The second kappa shape index (κ2) is 9.67. The van der Waals surface area contributed by atoms with E-state index in [1.807, 2.05) is 20.8 Å². The number of pyridine rings is 2. The number of ether oxygens (including phenoxy) is 1. The Morgan fingerprint density at radius 3 is 2.34 bits per heavy atom. The number of likely N-dealkylation sites (tertiary alicyclic amines) is 1. The van der Waals surface area contributed by atoms with Crippen molar-refractivity contribution in [2.24, 2.45) is 5.41 Å². The van der Waals surface area contributed by atoms with Crippen LogP contribution in [-0.4, -0.2) is 68.9 Å². The second-order valence-corrected chi connectivity index (χ2v) is 11.2. The van der Waals surface area contributed by atoms with E-state index < -0.39 is 18.2 Å². The van der Waals surface area contributed by atoms with Crippen LogP contribution in [0, 0.1) is 5.41 Å². The number of anilines is 1. The zero-order chi connectivity index (χ0) is 27.1. The lowest BCUT2D eigenvalue weighted by molar-refractivity contribution is -0.127. The molecular formula is C27H31F3N6O2. The summed E-state index contributed by atoms with van der Waals surface area (Å²) in [5.41, 5.74) is 0.205. The van der Waals surface area contributed by atoms with Gasteiger partial charge < -0.3 is 14.5 Å². The van der Waals surface area contributed by atoms with Gasteiger partial charge in [0.2, 0.25) is 0 Å². The van der Waals surface area contributed by atoms with Crippen LogP contribution in [0.1, 0.15) is 45.7 Å². The number of halogens is 3. The molecular weight excluding hydrogens is 497 g/mol. The van der Waals surface area contributed by atoms with Crippen LogP contribution in [0.5, 0.6) is 0 Å². The van der Waals surface area contributed by atoms with Crippen molar-refractivity contribution in [2.45, 2.75) is 58.2 Å². The van der Waals surface area contributed by atoms with Crippen molar-refractivity contribution < 1.29 is 22.7 Å². The zero-order valence-electron chi connectivity index (χ0n) is 21.8. The molecule has 3 aromatic heterocycles. The fourth-order valence-electron chi connectivity index (χ4n) is 5.30. The average Bonchev–Trinajstić information content (AvgIpc) is 3.27. The molecule has 1 spiro atoms. The van der Waals surface area contributed by atoms with Crippen LogP contribution >= 0.6 is 0 Å². The number of carbonyl (C=O) groups excluding carboxylic acids is 1. The van der Waals surface area contributed by atoms with E-state index in [0.29, 0.717) is 48.8 Å². The summed E-state index contributed by atoms with van der Waals surface area (Å²) in [6.07, 6.45) is 1.29. The summed E-state index contributed by atoms with van der Waals surface area (Å²) < 4.78 is 45.6. The van der Waals surface area contributed by atoms with Crippen molar-refractivity contribution in [3.05, 3.63) is 42.5 Å². The fraction of sp³-hybridized carbons (Fsp3) is 0.519. The predicted octanol–water partition coefficient (Wildman–Crippen LogP) is 5.42. The summed E-state index contributed by atoms with van der Waals surface area (Å²) >= 11 is 0. The van der Waals surface area contributed by atoms with Crippen LogP contribution in [0.2, 0.25) is 0 Å². The van der Waals surface area contributed by atoms with Crippen molar-refractivity contribution in [2.75, 3.05) is 31.1 Å². The Kier molecular flexibility index (Phi) is 6.65. The highest BCUT2D eigenvalue weighted by Crippen LogP contribution is 2.42. The lowest BCUT2D eigenvalue weighted by Gasteiger charge is -2.40. The summed E-state index contributed by atoms with van der Waals surface area (Å²) in [4.78, 5) is 33.9. The Bertz CT molecular complexity index is 1320. The van der Waals surface area contributed by atoms with Crippen molar-refractivity contribution >= 4 is 22.8 Å². The number of amides is 1. The number of alkyl halides is 3. The minimum Gasteiger partial charge on any atom is -0.444 e. The third-order valence-electron chi connectivity index (χ3n) is 7.19. The summed E-state index contributed by atoms with van der Waals surface area (Å²) in [6, 6.07) is 5.16. The third-order valence-corrected chi connectivity index (χ3v) is 7.19. The maximum atomic E-state index is 13.4. The van der Waals surface area contributed by atoms with Crippen LogP contribution in [-0.2, 0) is 11.2 Å². The molecule has 38 heavy (non-hydrogen) atoms. The van der Waals surface area contributed by atoms with E-state index in [1.165, 1.54) is 6.20 Å². The summed E-state index contributed by atoms with van der Waals surface area (Å²) in [7, 11) is 0. The molecule has 0 unspecified atom stereocenters. The monoisotopic (exact) mass is 528 g/mol. The molecule has 2 fully saturated rings. The van der Waals surface area contributed by atoms with E-state index in [4.69, 9.17) is 9.72 Å². The minimum atomic E-state index is -4.41. The van der Waals surface area contributed by atoms with Gasteiger partial charge in [-0.3, -0.25) is 9.97 Å². The van der Waals surface area contributed by atoms with Crippen molar-refractivity contribution in [3.8, 4) is 11.4 Å². The van der Waals surface area contributed by atoms with Gasteiger partial charge in [0.1, 0.15) is 11.4 Å². The molecule has 8 nitrogen and oxygen atoms in total. The van der Waals surface area contributed by atoms with E-state index >= 15 is 0 Å². The van der Waals surface area contributed by atoms with Gasteiger partial charge >= 0.3 is 12.3 Å². The van der Waals surface area contributed by atoms with Gasteiger partial charge in [0.15, 0.2) is 5.82 Å². The lowest BCUT2D eigenvalue weighted by atomic mass is 9.78. The van der Waals surface area contributed by atoms with Gasteiger partial charge in [-0.1, -0.05) is 0 Å². The molecule has 3 aromatic rings. The summed E-state index contributed by atoms with van der Waals surface area (Å²) in [5, 5.41) is 0.551. The van der Waals surface area contributed by atoms with Crippen LogP contribution in [0.3, 0.4) is 0 Å². The first kappa shape index (κ1) is 26.1. The van der Waals surface area contributed by atoms with Gasteiger partial charge in [-0.15, -0.1) is 0 Å². The van der Waals surface area contributed by atoms with Gasteiger partial charge in [-0.2, -0.15) is 13.2 Å². The SMILES string of the molecule is CC(C)(C)OC(=O)N1CCC2(CCN(c3nc(-c4ccncc4)nc4c(CC(F)(F)F)nccc34)CC2)C1. The highest BCUT2D eigenvalue weighted by atomic mass is 19.4. The number of hydrogen-bond donors (Lipinski definition) is 0. The van der Waals surface area contributed by atoms with Crippen molar-refractivity contribution in [1.82, 2.24) is 24.8 Å². The number of rotatable bonds is 3. The molecule has 5 heterocycles. The molecule has 5 rings (SSSR count). The third kappa shape index (κ3) is 5.66. The zero-order valence-corrected chi connectivity index (χ0v) is 21.8. The molecule has 1 amide bonds. The fourth-order valence-corrected chi connectivity index (χ4v) is 5.30. The Labute approximate surface area is 219 Å². The van der Waals surface area contributed by atoms with Gasteiger partial charge in [-0.05, 0) is 63.6 Å². The first-order chi connectivity index (χ1) is 17.9. The largest absolute Gasteiger partial charge is 0.444 e. The molecule has 0 N–H and O–H groups in total. The van der Waals surface area contributed by atoms with Gasteiger partial charge in [-0.25, -0.2) is 14.8 Å². The molecule has 0 radical (unpaired) electrons. The van der Waals surface area contributed by atoms with E-state index in [1.54, 1.807) is 35.5 Å². The molecule has 11 heteroatoms. The molecule has 0 saturated carbocycles. The van der Waals surface area contributed by atoms with Crippen LogP contribution in [0.25, 0.3) is 22.3 Å². The van der Waals surface area contributed by atoms with Gasteiger partial charge in [0.25, 0.3) is 0 Å². The predicted molar refractivity (Wildman–Crippen MR) is 137 cm³/mol. The number of nitrogens with zero attached hydrogens (tertiary/aromatic N) is 6. The number of hydrogen-bond acceptors (Lipinski definition) is 7. The summed E-state index contributed by atoms with van der Waals surface area (Å²) in [6.45, 7) is 8.21. The number of carbonyl (C=O) groups is 1. The van der Waals surface area contributed by atoms with E-state index in [2.05, 4.69) is 19.9 Å². The van der Waals surface area contributed by atoms with E-state index in [-0.39, 0.29) is 22.7 Å². The molecule has 0 bridgehead atoms. The number of aromatic nitrogens is 4. The number of piperidine rings is 1. The second-order valence-electron chi connectivity index (χ2n) is 11.2. The van der Waals surface area contributed by atoms with Crippen molar-refractivity contribution in [3.63, 3.8) is 0 Å². The topological polar surface area (TPSA) is 84.3 Å². The first-order valence-electron chi connectivity index (χ1n) is 12.8. The van der Waals surface area contributed by atoms with Crippen molar-refractivity contribution in [1.29, 1.82) is 0 Å². The lowest BCUT2D eigenvalue weighted by Crippen LogP contribution is -2.43. The van der Waals surface area contributed by atoms with Crippen LogP contribution in [0.15, 0.2) is 36.8 Å². The molecule has 202 valence electrons. The molecule has 0 aromatic carbocycles. The quantitative estimate of drug-likeness (QED) is 0.449. The molecule has 2 aliphatic rings. The van der Waals surface area contributed by atoms with Gasteiger partial charge in [0, 0.05) is 55.7 Å². The van der Waals surface area contributed by atoms with Gasteiger partial charge in [0.05, 0.1) is 17.6 Å². The Morgan fingerprint density at radius 1 is 1.00 bits per heavy atom. The van der Waals surface area contributed by atoms with E-state index in [0.717, 1.165) is 19.3 Å². The Morgan fingerprint density at radius 2 is 1.68 bits per heavy atom. The standard InChI is InChI=1S/C27H31F3N6O2/c1-25(2,3)38-24(37)36-15-9-26(17-36)7-13-35(14-8-26)23-19-6-12-32-20(16-27(28,29)30)21(19)33-22(34-23)18-4-10-31-11-5-18/h4-6,10-12H,7-9,13-17H2,1-3H3.